The van der Waals surface area contributed by atoms with E-state index in [-0.39, 0.29) is 5.54 Å². The zero-order valence-corrected chi connectivity index (χ0v) is 14.1. The van der Waals surface area contributed by atoms with Crippen LogP contribution in [-0.4, -0.2) is 50.3 Å². The predicted molar refractivity (Wildman–Crippen MR) is 89.1 cm³/mol. The van der Waals surface area contributed by atoms with E-state index in [1.165, 1.54) is 5.56 Å². The van der Waals surface area contributed by atoms with Gasteiger partial charge in [0.05, 0.1) is 0 Å². The third-order valence-electron chi connectivity index (χ3n) is 4.61. The van der Waals surface area contributed by atoms with E-state index in [9.17, 15) is 0 Å². The topological polar surface area (TPSA) is 24.5 Å². The van der Waals surface area contributed by atoms with Gasteiger partial charge in [-0.15, -0.1) is 0 Å². The minimum atomic E-state index is 0.229. The predicted octanol–water partition coefficient (Wildman–Crippen LogP) is 2.97. The Morgan fingerprint density at radius 1 is 1.24 bits per heavy atom. The Labute approximate surface area is 133 Å². The maximum absolute atomic E-state index is 5.93. The van der Waals surface area contributed by atoms with Crippen LogP contribution in [-0.2, 0) is 11.2 Å². The van der Waals surface area contributed by atoms with Gasteiger partial charge in [-0.05, 0) is 58.0 Å². The number of nitrogens with zero attached hydrogens (tertiary/aromatic N) is 1. The lowest BCUT2D eigenvalue weighted by Crippen LogP contribution is -2.56. The van der Waals surface area contributed by atoms with E-state index in [0.29, 0.717) is 6.04 Å². The van der Waals surface area contributed by atoms with Crippen molar-refractivity contribution in [2.45, 2.75) is 37.8 Å². The largest absolute Gasteiger partial charge is 0.381 e. The molecule has 0 bridgehead atoms. The summed E-state index contributed by atoms with van der Waals surface area (Å²) >= 11 is 5.93. The van der Waals surface area contributed by atoms with Crippen LogP contribution in [0.4, 0.5) is 0 Å². The molecule has 1 aromatic rings. The van der Waals surface area contributed by atoms with Crippen LogP contribution < -0.4 is 5.32 Å². The van der Waals surface area contributed by atoms with Crippen LogP contribution in [0.2, 0.25) is 5.02 Å². The molecular formula is C17H27ClN2O. The van der Waals surface area contributed by atoms with Crippen molar-refractivity contribution in [1.29, 1.82) is 0 Å². The maximum Gasteiger partial charge on any atom is 0.0484 e. The van der Waals surface area contributed by atoms with Gasteiger partial charge in [-0.1, -0.05) is 23.7 Å². The third kappa shape index (κ3) is 4.68. The fraction of sp³-hybridized carbons (Fsp3) is 0.647. The van der Waals surface area contributed by atoms with E-state index in [1.807, 2.05) is 12.1 Å². The van der Waals surface area contributed by atoms with Crippen molar-refractivity contribution in [3.63, 3.8) is 0 Å². The van der Waals surface area contributed by atoms with Gasteiger partial charge >= 0.3 is 0 Å². The minimum absolute atomic E-state index is 0.229. The second-order valence-electron chi connectivity index (χ2n) is 6.34. The van der Waals surface area contributed by atoms with Gasteiger partial charge in [0.15, 0.2) is 0 Å². The molecule has 1 aromatic carbocycles. The molecule has 1 fully saturated rings. The summed E-state index contributed by atoms with van der Waals surface area (Å²) in [5.41, 5.74) is 1.55. The molecule has 1 atom stereocenters. The van der Waals surface area contributed by atoms with Crippen molar-refractivity contribution in [1.82, 2.24) is 10.2 Å². The quantitative estimate of drug-likeness (QED) is 0.874. The molecule has 2 rings (SSSR count). The van der Waals surface area contributed by atoms with Crippen molar-refractivity contribution in [3.05, 3.63) is 34.9 Å². The monoisotopic (exact) mass is 310 g/mol. The van der Waals surface area contributed by atoms with Crippen LogP contribution in [0.3, 0.4) is 0 Å². The summed E-state index contributed by atoms with van der Waals surface area (Å²) in [7, 11) is 4.35. The van der Waals surface area contributed by atoms with E-state index < -0.39 is 0 Å². The number of likely N-dealkylation sites (N-methyl/N-ethyl adjacent to an activating group) is 1. The van der Waals surface area contributed by atoms with Gasteiger partial charge < -0.3 is 15.0 Å². The van der Waals surface area contributed by atoms with Crippen LogP contribution in [0.25, 0.3) is 0 Å². The van der Waals surface area contributed by atoms with Crippen molar-refractivity contribution in [3.8, 4) is 0 Å². The average Bonchev–Trinajstić information content (AvgIpc) is 2.48. The van der Waals surface area contributed by atoms with Gasteiger partial charge in [0.2, 0.25) is 0 Å². The molecule has 0 amide bonds. The van der Waals surface area contributed by atoms with Crippen LogP contribution in [0.1, 0.15) is 25.3 Å². The van der Waals surface area contributed by atoms with Gasteiger partial charge in [-0.2, -0.15) is 0 Å². The van der Waals surface area contributed by atoms with Gasteiger partial charge in [-0.25, -0.2) is 0 Å². The first kappa shape index (κ1) is 16.8. The summed E-state index contributed by atoms with van der Waals surface area (Å²) in [4.78, 5) is 2.36. The molecule has 0 radical (unpaired) electrons. The molecule has 0 spiro atoms. The SMILES string of the molecule is C[C@H](Cc1ccc(Cl)cc1)NCC1(N(C)C)CCOCC1. The first-order chi connectivity index (χ1) is 10.0. The third-order valence-corrected chi connectivity index (χ3v) is 4.86. The summed E-state index contributed by atoms with van der Waals surface area (Å²) in [6.45, 7) is 4.99. The Morgan fingerprint density at radius 3 is 2.43 bits per heavy atom. The standard InChI is InChI=1S/C17H27ClN2O/c1-14(12-15-4-6-16(18)7-5-15)19-13-17(20(2)3)8-10-21-11-9-17/h4-7,14,19H,8-13H2,1-3H3/t14-/m1/s1. The number of halogens is 1. The van der Waals surface area contributed by atoms with Gasteiger partial charge in [0.25, 0.3) is 0 Å². The van der Waals surface area contributed by atoms with Crippen molar-refractivity contribution in [2.75, 3.05) is 33.9 Å². The van der Waals surface area contributed by atoms with Crippen molar-refractivity contribution >= 4 is 11.6 Å². The highest BCUT2D eigenvalue weighted by Crippen LogP contribution is 2.25. The lowest BCUT2D eigenvalue weighted by molar-refractivity contribution is -0.00803. The van der Waals surface area contributed by atoms with Crippen LogP contribution >= 0.6 is 11.6 Å². The second kappa shape index (κ2) is 7.59. The average molecular weight is 311 g/mol. The highest BCUT2D eigenvalue weighted by molar-refractivity contribution is 6.30. The smallest absolute Gasteiger partial charge is 0.0484 e. The van der Waals surface area contributed by atoms with Crippen LogP contribution in [0, 0.1) is 0 Å². The molecule has 1 aliphatic rings. The molecule has 0 aliphatic carbocycles. The fourth-order valence-corrected chi connectivity index (χ4v) is 3.07. The summed E-state index contributed by atoms with van der Waals surface area (Å²) < 4.78 is 5.52. The zero-order valence-electron chi connectivity index (χ0n) is 13.4. The summed E-state index contributed by atoms with van der Waals surface area (Å²) in [5, 5.41) is 4.51. The number of ether oxygens (including phenoxy) is 1. The fourth-order valence-electron chi connectivity index (χ4n) is 2.94. The first-order valence-electron chi connectivity index (χ1n) is 7.75. The highest BCUT2D eigenvalue weighted by Gasteiger charge is 2.34. The Balaban J connectivity index is 1.86. The number of nitrogens with one attached hydrogen (secondary N) is 1. The van der Waals surface area contributed by atoms with E-state index in [2.05, 4.69) is 43.4 Å². The summed E-state index contributed by atoms with van der Waals surface area (Å²) in [6.07, 6.45) is 3.22. The molecule has 4 heteroatoms. The summed E-state index contributed by atoms with van der Waals surface area (Å²) in [5.74, 6) is 0. The van der Waals surface area contributed by atoms with Gasteiger partial charge in [-0.3, -0.25) is 0 Å². The minimum Gasteiger partial charge on any atom is -0.381 e. The summed E-state index contributed by atoms with van der Waals surface area (Å²) in [6, 6.07) is 8.59. The molecule has 0 unspecified atom stereocenters. The molecule has 0 saturated carbocycles. The molecule has 0 aromatic heterocycles. The zero-order chi connectivity index (χ0) is 15.3. The number of benzene rings is 1. The second-order valence-corrected chi connectivity index (χ2v) is 6.78. The van der Waals surface area contributed by atoms with Crippen molar-refractivity contribution < 1.29 is 4.74 Å². The van der Waals surface area contributed by atoms with Crippen LogP contribution in [0.15, 0.2) is 24.3 Å². The van der Waals surface area contributed by atoms with E-state index >= 15 is 0 Å². The molecule has 1 N–H and O–H groups in total. The molecular weight excluding hydrogens is 284 g/mol. The Kier molecular flexibility index (Phi) is 6.06. The first-order valence-corrected chi connectivity index (χ1v) is 8.13. The lowest BCUT2D eigenvalue weighted by Gasteiger charge is -2.43. The number of rotatable bonds is 6. The Bertz CT molecular complexity index is 427. The molecule has 1 heterocycles. The van der Waals surface area contributed by atoms with E-state index in [1.54, 1.807) is 0 Å². The molecule has 1 saturated heterocycles. The molecule has 1 aliphatic heterocycles. The Hall–Kier alpha value is -0.610. The number of hydrogen-bond acceptors (Lipinski definition) is 3. The van der Waals surface area contributed by atoms with Gasteiger partial charge in [0.1, 0.15) is 0 Å². The Morgan fingerprint density at radius 2 is 1.86 bits per heavy atom. The molecule has 118 valence electrons. The van der Waals surface area contributed by atoms with E-state index in [4.69, 9.17) is 16.3 Å². The highest BCUT2D eigenvalue weighted by atomic mass is 35.5. The normalized spacial score (nSPS) is 19.7. The number of hydrogen-bond donors (Lipinski definition) is 1. The van der Waals surface area contributed by atoms with Crippen molar-refractivity contribution in [2.24, 2.45) is 0 Å². The maximum atomic E-state index is 5.93. The van der Waals surface area contributed by atoms with Crippen LogP contribution in [0.5, 0.6) is 0 Å². The molecule has 21 heavy (non-hydrogen) atoms. The molecule has 3 nitrogen and oxygen atoms in total. The van der Waals surface area contributed by atoms with E-state index in [0.717, 1.165) is 44.0 Å². The lowest BCUT2D eigenvalue weighted by atomic mass is 9.88. The van der Waals surface area contributed by atoms with Gasteiger partial charge in [0, 0.05) is 36.4 Å².